The first kappa shape index (κ1) is 16.9. The van der Waals surface area contributed by atoms with Crippen molar-refractivity contribution in [2.45, 2.75) is 44.5 Å². The smallest absolute Gasteiger partial charge is 0.444 e. The van der Waals surface area contributed by atoms with Gasteiger partial charge in [-0.25, -0.2) is 4.79 Å². The summed E-state index contributed by atoms with van der Waals surface area (Å²) >= 11 is 0. The lowest BCUT2D eigenvalue weighted by atomic mass is 10.1. The van der Waals surface area contributed by atoms with Crippen LogP contribution in [-0.2, 0) is 4.74 Å². The van der Waals surface area contributed by atoms with Gasteiger partial charge < -0.3 is 10.1 Å². The number of piperazine rings is 1. The van der Waals surface area contributed by atoms with Crippen molar-refractivity contribution in [2.75, 3.05) is 19.6 Å². The van der Waals surface area contributed by atoms with E-state index in [1.165, 1.54) is 20.8 Å². The van der Waals surface area contributed by atoms with E-state index in [2.05, 4.69) is 5.32 Å². The van der Waals surface area contributed by atoms with Crippen LogP contribution in [0.5, 0.6) is 0 Å². The molecule has 0 bridgehead atoms. The van der Waals surface area contributed by atoms with E-state index in [-0.39, 0.29) is 13.1 Å². The predicted molar refractivity (Wildman–Crippen MR) is 60.6 cm³/mol. The zero-order valence-corrected chi connectivity index (χ0v) is 11.4. The maximum atomic E-state index is 13.4. The molecule has 1 rings (SSSR count). The fourth-order valence-electron chi connectivity index (χ4n) is 1.76. The first-order chi connectivity index (χ1) is 8.86. The van der Waals surface area contributed by atoms with Crippen LogP contribution in [0.15, 0.2) is 0 Å². The zero-order chi connectivity index (χ0) is 15.8. The van der Waals surface area contributed by atoms with Crippen molar-refractivity contribution in [2.24, 2.45) is 0 Å². The topological polar surface area (TPSA) is 41.6 Å². The van der Waals surface area contributed by atoms with Crippen molar-refractivity contribution in [1.82, 2.24) is 10.2 Å². The normalized spacial score (nSPS) is 21.8. The molecule has 20 heavy (non-hydrogen) atoms. The zero-order valence-electron chi connectivity index (χ0n) is 11.4. The van der Waals surface area contributed by atoms with E-state index < -0.39 is 36.4 Å². The van der Waals surface area contributed by atoms with Crippen molar-refractivity contribution in [3.63, 3.8) is 0 Å². The maximum Gasteiger partial charge on any atom is 0.455 e. The van der Waals surface area contributed by atoms with E-state index in [1.807, 2.05) is 0 Å². The number of rotatable bonds is 1. The largest absolute Gasteiger partial charge is 0.455 e. The second-order valence-corrected chi connectivity index (χ2v) is 5.51. The molecule has 1 saturated heterocycles. The number of hydrogen-bond donors (Lipinski definition) is 1. The van der Waals surface area contributed by atoms with Crippen LogP contribution in [0.2, 0.25) is 0 Å². The molecule has 1 aliphatic rings. The third-order valence-electron chi connectivity index (χ3n) is 2.67. The predicted octanol–water partition coefficient (Wildman–Crippen LogP) is 2.39. The summed E-state index contributed by atoms with van der Waals surface area (Å²) in [6, 6.07) is -2.31. The quantitative estimate of drug-likeness (QED) is 0.756. The van der Waals surface area contributed by atoms with Gasteiger partial charge in [0.2, 0.25) is 0 Å². The molecule has 4 nitrogen and oxygen atoms in total. The van der Waals surface area contributed by atoms with Crippen molar-refractivity contribution >= 4 is 6.09 Å². The summed E-state index contributed by atoms with van der Waals surface area (Å²) in [6.45, 7) is 3.72. The SMILES string of the molecule is CC(C)(C)OC(=O)N1CCNCC1C(F)(F)C(F)(F)F. The molecule has 0 aliphatic carbocycles. The van der Waals surface area contributed by atoms with Crippen LogP contribution in [0.4, 0.5) is 26.7 Å². The van der Waals surface area contributed by atoms with E-state index in [0.29, 0.717) is 4.90 Å². The van der Waals surface area contributed by atoms with E-state index in [9.17, 15) is 26.7 Å². The molecule has 1 N–H and O–H groups in total. The summed E-state index contributed by atoms with van der Waals surface area (Å²) in [7, 11) is 0. The molecule has 1 atom stereocenters. The highest BCUT2D eigenvalue weighted by Gasteiger charge is 2.65. The Morgan fingerprint density at radius 1 is 1.20 bits per heavy atom. The summed E-state index contributed by atoms with van der Waals surface area (Å²) in [4.78, 5) is 12.2. The molecule has 0 saturated carbocycles. The fraction of sp³-hybridized carbons (Fsp3) is 0.909. The first-order valence-corrected chi connectivity index (χ1v) is 6.01. The molecule has 1 heterocycles. The highest BCUT2D eigenvalue weighted by molar-refractivity contribution is 5.69. The summed E-state index contributed by atoms with van der Waals surface area (Å²) in [6.07, 6.45) is -6.90. The monoisotopic (exact) mass is 304 g/mol. The molecule has 0 spiro atoms. The van der Waals surface area contributed by atoms with Gasteiger partial charge >= 0.3 is 18.2 Å². The Balaban J connectivity index is 2.95. The summed E-state index contributed by atoms with van der Waals surface area (Å²) < 4.78 is 69.1. The molecule has 0 aromatic rings. The van der Waals surface area contributed by atoms with E-state index in [4.69, 9.17) is 4.74 Å². The summed E-state index contributed by atoms with van der Waals surface area (Å²) in [5.74, 6) is -5.00. The average molecular weight is 304 g/mol. The number of carbonyl (C=O) groups is 1. The van der Waals surface area contributed by atoms with Crippen molar-refractivity contribution in [3.05, 3.63) is 0 Å². The Morgan fingerprint density at radius 3 is 2.20 bits per heavy atom. The number of amides is 1. The van der Waals surface area contributed by atoms with Crippen LogP contribution in [0.3, 0.4) is 0 Å². The molecular formula is C11H17F5N2O2. The number of halogens is 5. The molecule has 118 valence electrons. The number of nitrogens with one attached hydrogen (secondary N) is 1. The van der Waals surface area contributed by atoms with Crippen LogP contribution in [0.25, 0.3) is 0 Å². The van der Waals surface area contributed by atoms with Gasteiger partial charge in [0.25, 0.3) is 0 Å². The van der Waals surface area contributed by atoms with Crippen LogP contribution < -0.4 is 5.32 Å². The lowest BCUT2D eigenvalue weighted by Crippen LogP contribution is -2.65. The third-order valence-corrected chi connectivity index (χ3v) is 2.67. The van der Waals surface area contributed by atoms with Gasteiger partial charge in [-0.3, -0.25) is 4.90 Å². The van der Waals surface area contributed by atoms with Crippen LogP contribution in [0.1, 0.15) is 20.8 Å². The van der Waals surface area contributed by atoms with Crippen molar-refractivity contribution < 1.29 is 31.5 Å². The molecule has 0 aromatic heterocycles. The fourth-order valence-corrected chi connectivity index (χ4v) is 1.76. The van der Waals surface area contributed by atoms with Gasteiger partial charge in [-0.15, -0.1) is 0 Å². The van der Waals surface area contributed by atoms with E-state index >= 15 is 0 Å². The van der Waals surface area contributed by atoms with Crippen molar-refractivity contribution in [1.29, 1.82) is 0 Å². The second-order valence-electron chi connectivity index (χ2n) is 5.51. The summed E-state index contributed by atoms with van der Waals surface area (Å²) in [5, 5.41) is 2.43. The first-order valence-electron chi connectivity index (χ1n) is 6.01. The molecule has 9 heteroatoms. The van der Waals surface area contributed by atoms with Crippen LogP contribution in [0, 0.1) is 0 Å². The van der Waals surface area contributed by atoms with Crippen LogP contribution in [-0.4, -0.2) is 54.4 Å². The van der Waals surface area contributed by atoms with Gasteiger partial charge in [-0.2, -0.15) is 22.0 Å². The lowest BCUT2D eigenvalue weighted by Gasteiger charge is -2.40. The van der Waals surface area contributed by atoms with Gasteiger partial charge in [0.1, 0.15) is 11.6 Å². The second kappa shape index (κ2) is 5.34. The standard InChI is InChI=1S/C11H17F5N2O2/c1-9(2,3)20-8(19)18-5-4-17-6-7(18)10(12,13)11(14,15)16/h7,17H,4-6H2,1-3H3. The minimum atomic E-state index is -5.73. The highest BCUT2D eigenvalue weighted by Crippen LogP contribution is 2.40. The van der Waals surface area contributed by atoms with Gasteiger partial charge in [0.05, 0.1) is 0 Å². The Hall–Kier alpha value is -1.12. The van der Waals surface area contributed by atoms with Crippen LogP contribution >= 0.6 is 0 Å². The Morgan fingerprint density at radius 2 is 1.75 bits per heavy atom. The third kappa shape index (κ3) is 3.71. The number of alkyl halides is 5. The molecule has 1 amide bonds. The Bertz CT molecular complexity index is 365. The lowest BCUT2D eigenvalue weighted by molar-refractivity contribution is -0.302. The molecule has 1 aliphatic heterocycles. The molecular weight excluding hydrogens is 287 g/mol. The van der Waals surface area contributed by atoms with Gasteiger partial charge in [-0.05, 0) is 20.8 Å². The minimum absolute atomic E-state index is 0.129. The number of ether oxygens (including phenoxy) is 1. The summed E-state index contributed by atoms with van der Waals surface area (Å²) in [5.41, 5.74) is -0.972. The molecule has 1 fully saturated rings. The Labute approximate surface area is 113 Å². The number of carbonyl (C=O) groups excluding carboxylic acids is 1. The van der Waals surface area contributed by atoms with Gasteiger partial charge in [0.15, 0.2) is 0 Å². The Kier molecular flexibility index (Phi) is 4.52. The molecule has 0 aromatic carbocycles. The molecule has 0 radical (unpaired) electrons. The minimum Gasteiger partial charge on any atom is -0.444 e. The number of nitrogens with zero attached hydrogens (tertiary/aromatic N) is 1. The van der Waals surface area contributed by atoms with Crippen molar-refractivity contribution in [3.8, 4) is 0 Å². The maximum absolute atomic E-state index is 13.4. The average Bonchev–Trinajstić information content (AvgIpc) is 2.25. The highest BCUT2D eigenvalue weighted by atomic mass is 19.4. The number of hydrogen-bond acceptors (Lipinski definition) is 3. The molecule has 1 unspecified atom stereocenters. The van der Waals surface area contributed by atoms with E-state index in [0.717, 1.165) is 0 Å². The van der Waals surface area contributed by atoms with Gasteiger partial charge in [-0.1, -0.05) is 0 Å². The van der Waals surface area contributed by atoms with E-state index in [1.54, 1.807) is 0 Å². The van der Waals surface area contributed by atoms with Gasteiger partial charge in [0, 0.05) is 19.6 Å².